The van der Waals surface area contributed by atoms with Crippen molar-refractivity contribution in [1.82, 2.24) is 0 Å². The monoisotopic (exact) mass is 690 g/mol. The highest BCUT2D eigenvalue weighted by Gasteiger charge is 2.87. The van der Waals surface area contributed by atoms with Gasteiger partial charge in [0.25, 0.3) is 0 Å². The fourth-order valence-electron chi connectivity index (χ4n) is 6.33. The molecular weight excluding hydrogens is 673 g/mol. The first-order chi connectivity index (χ1) is 19.7. The zero-order valence-corrected chi connectivity index (χ0v) is 26.3. The normalized spacial score (nSPS) is 31.3. The third kappa shape index (κ3) is 3.69. The first kappa shape index (κ1) is 29.9. The Bertz CT molecular complexity index is 1580. The summed E-state index contributed by atoms with van der Waals surface area (Å²) in [5.74, 6) is -4.79. The Morgan fingerprint density at radius 1 is 0.905 bits per heavy atom. The van der Waals surface area contributed by atoms with Crippen LogP contribution < -0.4 is 19.3 Å². The molecule has 3 fully saturated rings. The molecule has 2 saturated heterocycles. The van der Waals surface area contributed by atoms with Crippen molar-refractivity contribution in [3.63, 3.8) is 0 Å². The lowest BCUT2D eigenvalue weighted by Crippen LogP contribution is -2.50. The minimum absolute atomic E-state index is 0.0321. The Labute approximate surface area is 270 Å². The van der Waals surface area contributed by atoms with Crippen LogP contribution in [0, 0.1) is 24.7 Å². The fourth-order valence-corrected chi connectivity index (χ4v) is 9.25. The molecule has 0 radical (unpaired) electrons. The van der Waals surface area contributed by atoms with Gasteiger partial charge in [0.2, 0.25) is 17.7 Å². The molecule has 4 aliphatic rings. The van der Waals surface area contributed by atoms with E-state index in [1.807, 2.05) is 0 Å². The van der Waals surface area contributed by atoms with Crippen LogP contribution in [0.2, 0.25) is 0 Å². The summed E-state index contributed by atoms with van der Waals surface area (Å²) in [6.45, 7) is 1.76. The van der Waals surface area contributed by atoms with Crippen molar-refractivity contribution in [2.45, 2.75) is 27.4 Å². The number of alkyl halides is 4. The number of esters is 1. The number of carbonyl (C=O) groups excluding carboxylic acids is 4. The summed E-state index contributed by atoms with van der Waals surface area (Å²) in [6, 6.07) is 11.4. The van der Waals surface area contributed by atoms with Gasteiger partial charge in [-0.1, -0.05) is 58.5 Å². The number of imide groups is 1. The summed E-state index contributed by atoms with van der Waals surface area (Å²) in [6.07, 6.45) is -0.0321. The van der Waals surface area contributed by atoms with Crippen LogP contribution in [0.5, 0.6) is 11.5 Å². The van der Waals surface area contributed by atoms with Gasteiger partial charge >= 0.3 is 5.97 Å². The van der Waals surface area contributed by atoms with Gasteiger partial charge in [-0.05, 0) is 42.8 Å². The van der Waals surface area contributed by atoms with Gasteiger partial charge in [-0.2, -0.15) is 0 Å². The lowest BCUT2D eigenvalue weighted by molar-refractivity contribution is -0.139. The van der Waals surface area contributed by atoms with Crippen molar-refractivity contribution in [2.75, 3.05) is 23.5 Å². The molecule has 0 unspecified atom stereocenters. The fraction of sp³-hybridized carbons (Fsp3) is 0.357. The Morgan fingerprint density at radius 3 is 2.07 bits per heavy atom. The van der Waals surface area contributed by atoms with E-state index in [1.54, 1.807) is 31.2 Å². The van der Waals surface area contributed by atoms with E-state index in [0.717, 1.165) is 4.90 Å². The van der Waals surface area contributed by atoms with Gasteiger partial charge in [-0.15, -0.1) is 23.2 Å². The predicted molar refractivity (Wildman–Crippen MR) is 160 cm³/mol. The second kappa shape index (κ2) is 9.91. The maximum absolute atomic E-state index is 13.7. The number of ether oxygens (including phenoxy) is 2. The summed E-state index contributed by atoms with van der Waals surface area (Å²) >= 11 is 39.4. The summed E-state index contributed by atoms with van der Waals surface area (Å²) in [5, 5.41) is -0.354. The first-order valence-electron chi connectivity index (χ1n) is 12.7. The van der Waals surface area contributed by atoms with Crippen molar-refractivity contribution in [3.8, 4) is 11.5 Å². The quantitative estimate of drug-likeness (QED) is 0.167. The Morgan fingerprint density at radius 2 is 1.50 bits per heavy atom. The van der Waals surface area contributed by atoms with Gasteiger partial charge in [0.15, 0.2) is 4.33 Å². The second-order valence-corrected chi connectivity index (χ2v) is 13.8. The number of hydrogen-bond donors (Lipinski definition) is 0. The molecule has 2 aromatic rings. The molecule has 2 aromatic carbocycles. The molecule has 5 atom stereocenters. The lowest BCUT2D eigenvalue weighted by atomic mass is 9.84. The van der Waals surface area contributed by atoms with E-state index < -0.39 is 49.6 Å². The molecule has 0 aromatic heterocycles. The van der Waals surface area contributed by atoms with E-state index in [2.05, 4.69) is 0 Å². The van der Waals surface area contributed by atoms with Gasteiger partial charge < -0.3 is 14.4 Å². The number of fused-ring (bicyclic) bond motifs is 5. The standard InChI is InChI=1S/C28H20Cl6N2O6/c1-12-9-14(42-25(40)13-10-18(37)35(11-13)16-5-3-4-6-17(16)41-2)7-8-15(12)36-23(38)19-20(24(36)39)27(32)22(30)21(29)26(19,31)28(27,33)34/h3-9,13,19-20H,10-11H2,1-2H3/t13-,19-,20+,26+,27+/m0/s1. The van der Waals surface area contributed by atoms with Crippen LogP contribution >= 0.6 is 69.6 Å². The number of benzene rings is 2. The molecule has 3 amide bonds. The van der Waals surface area contributed by atoms with Crippen molar-refractivity contribution < 1.29 is 28.7 Å². The molecule has 0 N–H and O–H groups in total. The van der Waals surface area contributed by atoms with Gasteiger partial charge in [-0.3, -0.25) is 19.2 Å². The van der Waals surface area contributed by atoms with Crippen molar-refractivity contribution in [2.24, 2.45) is 17.8 Å². The highest BCUT2D eigenvalue weighted by atomic mass is 35.5. The number of nitrogens with zero attached hydrogens (tertiary/aromatic N) is 2. The van der Waals surface area contributed by atoms with Crippen LogP contribution in [-0.2, 0) is 19.2 Å². The summed E-state index contributed by atoms with van der Waals surface area (Å²) in [7, 11) is 1.50. The van der Waals surface area contributed by atoms with E-state index in [-0.39, 0.29) is 40.4 Å². The zero-order valence-electron chi connectivity index (χ0n) is 21.8. The molecule has 8 nitrogen and oxygen atoms in total. The number of amides is 3. The predicted octanol–water partition coefficient (Wildman–Crippen LogP) is 5.91. The Hall–Kier alpha value is -2.20. The molecule has 42 heavy (non-hydrogen) atoms. The largest absolute Gasteiger partial charge is 0.495 e. The van der Waals surface area contributed by atoms with E-state index in [4.69, 9.17) is 79.1 Å². The zero-order chi connectivity index (χ0) is 30.5. The third-order valence-electron chi connectivity index (χ3n) is 8.37. The highest BCUT2D eigenvalue weighted by molar-refractivity contribution is 6.67. The van der Waals surface area contributed by atoms with Crippen LogP contribution in [-0.4, -0.2) is 51.4 Å². The SMILES string of the molecule is COc1ccccc1N1C[C@@H](C(=O)Oc2ccc(N3C(=O)[C@@H]4[C@H](C3=O)[C@@]3(Cl)C(Cl)=C(Cl)[C@@]4(Cl)C3(Cl)Cl)c(C)c2)CC1=O. The van der Waals surface area contributed by atoms with Crippen LogP contribution in [0.4, 0.5) is 11.4 Å². The molecule has 2 heterocycles. The van der Waals surface area contributed by atoms with Gasteiger partial charge in [-0.25, -0.2) is 4.90 Å². The molecule has 1 saturated carbocycles. The summed E-state index contributed by atoms with van der Waals surface area (Å²) in [4.78, 5) is 51.7. The average Bonchev–Trinajstić information content (AvgIpc) is 3.54. The number of methoxy groups -OCH3 is 1. The highest BCUT2D eigenvalue weighted by Crippen LogP contribution is 2.77. The Balaban J connectivity index is 1.22. The number of rotatable bonds is 5. The molecule has 6 rings (SSSR count). The molecule has 2 aliphatic carbocycles. The summed E-state index contributed by atoms with van der Waals surface area (Å²) < 4.78 is 8.91. The van der Waals surface area contributed by atoms with Gasteiger partial charge in [0, 0.05) is 13.0 Å². The van der Waals surface area contributed by atoms with Crippen LogP contribution in [0.3, 0.4) is 0 Å². The van der Waals surface area contributed by atoms with Crippen LogP contribution in [0.1, 0.15) is 12.0 Å². The molecular formula is C28H20Cl6N2O6. The first-order valence-corrected chi connectivity index (χ1v) is 14.9. The molecule has 220 valence electrons. The van der Waals surface area contributed by atoms with Crippen molar-refractivity contribution >= 4 is 105 Å². The number of para-hydroxylation sites is 2. The number of halogens is 6. The second-order valence-electron chi connectivity index (χ2n) is 10.5. The number of allylic oxidation sites excluding steroid dienone is 2. The minimum Gasteiger partial charge on any atom is -0.495 e. The van der Waals surface area contributed by atoms with E-state index in [9.17, 15) is 19.2 Å². The topological polar surface area (TPSA) is 93.2 Å². The number of aryl methyl sites for hydroxylation is 1. The van der Waals surface area contributed by atoms with Crippen LogP contribution in [0.15, 0.2) is 52.5 Å². The third-order valence-corrected chi connectivity index (χ3v) is 12.6. The van der Waals surface area contributed by atoms with E-state index in [0.29, 0.717) is 17.0 Å². The van der Waals surface area contributed by atoms with E-state index in [1.165, 1.54) is 30.2 Å². The van der Waals surface area contributed by atoms with Crippen molar-refractivity contribution in [3.05, 3.63) is 58.1 Å². The van der Waals surface area contributed by atoms with E-state index >= 15 is 0 Å². The molecule has 0 spiro atoms. The van der Waals surface area contributed by atoms with Gasteiger partial charge in [0.05, 0.1) is 46.3 Å². The number of carbonyl (C=O) groups is 4. The lowest BCUT2D eigenvalue weighted by Gasteiger charge is -2.34. The maximum Gasteiger partial charge on any atom is 0.316 e. The average molecular weight is 693 g/mol. The van der Waals surface area contributed by atoms with Gasteiger partial charge in [0.1, 0.15) is 21.2 Å². The smallest absolute Gasteiger partial charge is 0.316 e. The van der Waals surface area contributed by atoms with Crippen LogP contribution in [0.25, 0.3) is 0 Å². The number of hydrogen-bond acceptors (Lipinski definition) is 6. The number of anilines is 2. The minimum atomic E-state index is -2.03. The summed E-state index contributed by atoms with van der Waals surface area (Å²) in [5.41, 5.74) is 1.22. The molecule has 2 aliphatic heterocycles. The molecule has 14 heteroatoms. The maximum atomic E-state index is 13.7. The van der Waals surface area contributed by atoms with Crippen molar-refractivity contribution in [1.29, 1.82) is 0 Å². The molecule has 2 bridgehead atoms. The Kier molecular flexibility index (Phi) is 7.04.